The van der Waals surface area contributed by atoms with E-state index in [1.54, 1.807) is 36.5 Å². The van der Waals surface area contributed by atoms with Gasteiger partial charge in [-0.3, -0.25) is 9.59 Å². The summed E-state index contributed by atoms with van der Waals surface area (Å²) in [6, 6.07) is 9.04. The van der Waals surface area contributed by atoms with Crippen LogP contribution in [0.3, 0.4) is 0 Å². The fourth-order valence-electron chi connectivity index (χ4n) is 2.65. The van der Waals surface area contributed by atoms with E-state index in [0.29, 0.717) is 22.4 Å². The number of nitrogens with one attached hydrogen (secondary N) is 1. The van der Waals surface area contributed by atoms with Gasteiger partial charge in [-0.15, -0.1) is 11.3 Å². The van der Waals surface area contributed by atoms with Crippen molar-refractivity contribution in [3.05, 3.63) is 68.3 Å². The van der Waals surface area contributed by atoms with Crippen LogP contribution in [0.25, 0.3) is 21.5 Å². The number of hydrogen-bond acceptors (Lipinski definition) is 7. The van der Waals surface area contributed by atoms with Crippen LogP contribution in [0.15, 0.2) is 51.3 Å². The SMILES string of the molecule is C[C@H](OC(=O)Cc1csc(-c2ccsc2)n1)c1nc2ccccc2c(=O)[nH]1. The third-order valence-electron chi connectivity index (χ3n) is 3.97. The number of thiazole rings is 1. The second-order valence-electron chi connectivity index (χ2n) is 5.93. The van der Waals surface area contributed by atoms with Crippen LogP contribution in [0.5, 0.6) is 0 Å². The van der Waals surface area contributed by atoms with E-state index in [1.807, 2.05) is 28.3 Å². The zero-order chi connectivity index (χ0) is 18.8. The number of nitrogens with zero attached hydrogens (tertiary/aromatic N) is 2. The van der Waals surface area contributed by atoms with Crippen molar-refractivity contribution in [2.45, 2.75) is 19.4 Å². The van der Waals surface area contributed by atoms with Crippen molar-refractivity contribution in [1.29, 1.82) is 0 Å². The predicted molar refractivity (Wildman–Crippen MR) is 106 cm³/mol. The van der Waals surface area contributed by atoms with E-state index >= 15 is 0 Å². The first-order valence-electron chi connectivity index (χ1n) is 8.25. The minimum Gasteiger partial charge on any atom is -0.454 e. The Bertz CT molecular complexity index is 1150. The van der Waals surface area contributed by atoms with Crippen LogP contribution < -0.4 is 5.56 Å². The molecule has 27 heavy (non-hydrogen) atoms. The van der Waals surface area contributed by atoms with Gasteiger partial charge in [0.2, 0.25) is 0 Å². The monoisotopic (exact) mass is 397 g/mol. The van der Waals surface area contributed by atoms with Crippen LogP contribution >= 0.6 is 22.7 Å². The first-order valence-corrected chi connectivity index (χ1v) is 10.1. The van der Waals surface area contributed by atoms with Gasteiger partial charge < -0.3 is 9.72 Å². The zero-order valence-corrected chi connectivity index (χ0v) is 16.0. The molecule has 0 unspecified atom stereocenters. The highest BCUT2D eigenvalue weighted by molar-refractivity contribution is 7.14. The number of hydrogen-bond donors (Lipinski definition) is 1. The van der Waals surface area contributed by atoms with Crippen LogP contribution in [0.1, 0.15) is 24.5 Å². The third kappa shape index (κ3) is 3.81. The summed E-state index contributed by atoms with van der Waals surface area (Å²) in [7, 11) is 0. The summed E-state index contributed by atoms with van der Waals surface area (Å²) >= 11 is 3.10. The molecule has 3 heterocycles. The molecule has 0 fully saturated rings. The Hall–Kier alpha value is -2.84. The molecule has 1 N–H and O–H groups in total. The van der Waals surface area contributed by atoms with Crippen LogP contribution in [0.4, 0.5) is 0 Å². The normalized spacial score (nSPS) is 12.2. The first-order chi connectivity index (χ1) is 13.1. The Balaban J connectivity index is 1.46. The van der Waals surface area contributed by atoms with E-state index in [1.165, 1.54) is 11.3 Å². The molecule has 0 bridgehead atoms. The van der Waals surface area contributed by atoms with Crippen molar-refractivity contribution in [1.82, 2.24) is 15.0 Å². The Morgan fingerprint density at radius 2 is 2.07 bits per heavy atom. The maximum Gasteiger partial charge on any atom is 0.312 e. The number of esters is 1. The molecule has 0 radical (unpaired) electrons. The number of carbonyl (C=O) groups is 1. The second-order valence-corrected chi connectivity index (χ2v) is 7.57. The highest BCUT2D eigenvalue weighted by Gasteiger charge is 2.17. The van der Waals surface area contributed by atoms with E-state index in [-0.39, 0.29) is 12.0 Å². The lowest BCUT2D eigenvalue weighted by Gasteiger charge is -2.12. The fraction of sp³-hybridized carbons (Fsp3) is 0.158. The molecule has 8 heteroatoms. The topological polar surface area (TPSA) is 84.9 Å². The van der Waals surface area contributed by atoms with E-state index < -0.39 is 12.1 Å². The molecule has 0 aliphatic rings. The van der Waals surface area contributed by atoms with E-state index in [4.69, 9.17) is 4.74 Å². The van der Waals surface area contributed by atoms with Crippen LogP contribution in [-0.4, -0.2) is 20.9 Å². The molecule has 6 nitrogen and oxygen atoms in total. The van der Waals surface area contributed by atoms with Crippen LogP contribution in [0, 0.1) is 0 Å². The lowest BCUT2D eigenvalue weighted by Crippen LogP contribution is -2.18. The number of H-pyrrole nitrogens is 1. The number of ether oxygens (including phenoxy) is 1. The Labute approximate surface area is 162 Å². The number of thiophene rings is 1. The maximum atomic E-state index is 12.3. The number of carbonyl (C=O) groups excluding carboxylic acids is 1. The largest absolute Gasteiger partial charge is 0.454 e. The average Bonchev–Trinajstić information content (AvgIpc) is 3.33. The molecular formula is C19H15N3O3S2. The molecular weight excluding hydrogens is 382 g/mol. The van der Waals surface area contributed by atoms with Gasteiger partial charge in [-0.05, 0) is 30.5 Å². The van der Waals surface area contributed by atoms with Crippen molar-refractivity contribution < 1.29 is 9.53 Å². The maximum absolute atomic E-state index is 12.3. The van der Waals surface area contributed by atoms with Crippen molar-refractivity contribution in [3.8, 4) is 10.6 Å². The molecule has 1 atom stereocenters. The molecule has 0 saturated heterocycles. The lowest BCUT2D eigenvalue weighted by molar-refractivity contribution is -0.148. The molecule has 3 aromatic heterocycles. The van der Waals surface area contributed by atoms with Gasteiger partial charge in [0.05, 0.1) is 23.0 Å². The molecule has 4 aromatic rings. The smallest absolute Gasteiger partial charge is 0.312 e. The summed E-state index contributed by atoms with van der Waals surface area (Å²) in [6.45, 7) is 1.68. The average molecular weight is 397 g/mol. The minimum atomic E-state index is -0.662. The number of fused-ring (bicyclic) bond motifs is 1. The fourth-order valence-corrected chi connectivity index (χ4v) is 4.18. The second kappa shape index (κ2) is 7.42. The predicted octanol–water partition coefficient (Wildman–Crippen LogP) is 3.96. The van der Waals surface area contributed by atoms with Crippen LogP contribution in [0.2, 0.25) is 0 Å². The summed E-state index contributed by atoms with van der Waals surface area (Å²) in [4.78, 5) is 36.0. The molecule has 136 valence electrons. The van der Waals surface area contributed by atoms with Crippen molar-refractivity contribution in [2.75, 3.05) is 0 Å². The molecule has 0 aliphatic carbocycles. The summed E-state index contributed by atoms with van der Waals surface area (Å²) in [6.07, 6.45) is -0.590. The molecule has 0 spiro atoms. The number of rotatable bonds is 5. The number of para-hydroxylation sites is 1. The van der Waals surface area contributed by atoms with E-state index in [9.17, 15) is 9.59 Å². The molecule has 1 aromatic carbocycles. The zero-order valence-electron chi connectivity index (χ0n) is 14.3. The van der Waals surface area contributed by atoms with Crippen molar-refractivity contribution in [2.24, 2.45) is 0 Å². The van der Waals surface area contributed by atoms with Gasteiger partial charge in [-0.2, -0.15) is 11.3 Å². The Kier molecular flexibility index (Phi) is 4.83. The van der Waals surface area contributed by atoms with Crippen LogP contribution in [-0.2, 0) is 16.0 Å². The number of benzene rings is 1. The lowest BCUT2D eigenvalue weighted by atomic mass is 10.2. The minimum absolute atomic E-state index is 0.0722. The summed E-state index contributed by atoms with van der Waals surface area (Å²) in [5.74, 6) is -0.0928. The highest BCUT2D eigenvalue weighted by Crippen LogP contribution is 2.26. The van der Waals surface area contributed by atoms with Crippen molar-refractivity contribution >= 4 is 39.5 Å². The summed E-state index contributed by atoms with van der Waals surface area (Å²) in [5, 5.41) is 7.25. The Morgan fingerprint density at radius 1 is 1.22 bits per heavy atom. The van der Waals surface area contributed by atoms with Gasteiger partial charge >= 0.3 is 5.97 Å². The molecule has 0 saturated carbocycles. The Morgan fingerprint density at radius 3 is 2.89 bits per heavy atom. The summed E-state index contributed by atoms with van der Waals surface area (Å²) in [5.41, 5.74) is 2.03. The van der Waals surface area contributed by atoms with Crippen molar-refractivity contribution in [3.63, 3.8) is 0 Å². The van der Waals surface area contributed by atoms with Gasteiger partial charge in [0, 0.05) is 16.3 Å². The number of aromatic amines is 1. The first kappa shape index (κ1) is 17.6. The molecule has 0 aliphatic heterocycles. The van der Waals surface area contributed by atoms with E-state index in [2.05, 4.69) is 15.0 Å². The molecule has 4 rings (SSSR count). The third-order valence-corrected chi connectivity index (χ3v) is 5.59. The highest BCUT2D eigenvalue weighted by atomic mass is 32.1. The van der Waals surface area contributed by atoms with Gasteiger partial charge in [-0.25, -0.2) is 9.97 Å². The van der Waals surface area contributed by atoms with Gasteiger partial charge in [0.1, 0.15) is 5.01 Å². The number of aromatic nitrogens is 3. The van der Waals surface area contributed by atoms with Gasteiger partial charge in [0.15, 0.2) is 11.9 Å². The quantitative estimate of drug-likeness (QED) is 0.515. The van der Waals surface area contributed by atoms with E-state index in [0.717, 1.165) is 10.6 Å². The van der Waals surface area contributed by atoms with Gasteiger partial charge in [0.25, 0.3) is 5.56 Å². The molecule has 0 amide bonds. The standard InChI is InChI=1S/C19H15N3O3S2/c1-11(17-21-15-5-3-2-4-14(15)18(24)22-17)25-16(23)8-13-10-27-19(20-13)12-6-7-26-9-12/h2-7,9-11H,8H2,1H3,(H,21,22,24)/t11-/m0/s1. The summed E-state index contributed by atoms with van der Waals surface area (Å²) < 4.78 is 5.44. The van der Waals surface area contributed by atoms with Gasteiger partial charge in [-0.1, -0.05) is 12.1 Å².